The van der Waals surface area contributed by atoms with E-state index in [1.807, 2.05) is 38.2 Å². The van der Waals surface area contributed by atoms with Gasteiger partial charge < -0.3 is 15.4 Å². The molecule has 0 fully saturated rings. The van der Waals surface area contributed by atoms with E-state index in [0.717, 1.165) is 27.4 Å². The summed E-state index contributed by atoms with van der Waals surface area (Å²) in [7, 11) is 3.45. The first-order chi connectivity index (χ1) is 9.63. The number of methoxy groups -OCH3 is 1. The Kier molecular flexibility index (Phi) is 4.92. The van der Waals surface area contributed by atoms with Gasteiger partial charge in [0.15, 0.2) is 5.82 Å². The average molecular weight is 337 g/mol. The monoisotopic (exact) mass is 336 g/mol. The molecule has 0 saturated heterocycles. The van der Waals surface area contributed by atoms with Crippen molar-refractivity contribution in [3.63, 3.8) is 0 Å². The van der Waals surface area contributed by atoms with Crippen molar-refractivity contribution < 1.29 is 4.74 Å². The quantitative estimate of drug-likeness (QED) is 0.875. The van der Waals surface area contributed by atoms with Crippen LogP contribution in [0.5, 0.6) is 0 Å². The Bertz CT molecular complexity index is 604. The van der Waals surface area contributed by atoms with Gasteiger partial charge in [-0.25, -0.2) is 9.97 Å². The molecule has 0 saturated carbocycles. The van der Waals surface area contributed by atoms with Crippen LogP contribution in [-0.4, -0.2) is 24.1 Å². The summed E-state index contributed by atoms with van der Waals surface area (Å²) in [6.07, 6.45) is 0. The van der Waals surface area contributed by atoms with Gasteiger partial charge in [-0.05, 0) is 24.6 Å². The summed E-state index contributed by atoms with van der Waals surface area (Å²) in [6.45, 7) is 2.42. The van der Waals surface area contributed by atoms with Crippen LogP contribution in [0, 0.1) is 6.92 Å². The molecular weight excluding hydrogens is 320 g/mol. The van der Waals surface area contributed by atoms with Crippen LogP contribution in [0.3, 0.4) is 0 Å². The number of halogens is 1. The number of aromatic nitrogens is 2. The third-order valence-corrected chi connectivity index (χ3v) is 3.69. The van der Waals surface area contributed by atoms with Crippen LogP contribution < -0.4 is 10.6 Å². The Morgan fingerprint density at radius 3 is 2.70 bits per heavy atom. The fraction of sp³-hybridized carbons (Fsp3) is 0.286. The average Bonchev–Trinajstić information content (AvgIpc) is 2.44. The topological polar surface area (TPSA) is 59.1 Å². The summed E-state index contributed by atoms with van der Waals surface area (Å²) in [6, 6.07) is 7.86. The molecule has 2 rings (SSSR count). The number of hydrogen-bond donors (Lipinski definition) is 2. The number of benzene rings is 1. The van der Waals surface area contributed by atoms with E-state index in [0.29, 0.717) is 12.4 Å². The van der Waals surface area contributed by atoms with Crippen molar-refractivity contribution in [1.82, 2.24) is 9.97 Å². The summed E-state index contributed by atoms with van der Waals surface area (Å²) in [5, 5.41) is 6.33. The van der Waals surface area contributed by atoms with Crippen LogP contribution >= 0.6 is 15.9 Å². The second-order valence-electron chi connectivity index (χ2n) is 4.28. The minimum Gasteiger partial charge on any atom is -0.377 e. The third kappa shape index (κ3) is 3.46. The van der Waals surface area contributed by atoms with Gasteiger partial charge in [-0.3, -0.25) is 0 Å². The van der Waals surface area contributed by atoms with E-state index in [9.17, 15) is 0 Å². The molecule has 106 valence electrons. The number of rotatable bonds is 5. The molecule has 1 heterocycles. The van der Waals surface area contributed by atoms with Crippen molar-refractivity contribution in [1.29, 1.82) is 0 Å². The molecule has 5 nitrogen and oxygen atoms in total. The zero-order valence-electron chi connectivity index (χ0n) is 11.7. The molecule has 0 spiro atoms. The van der Waals surface area contributed by atoms with Crippen molar-refractivity contribution in [3.05, 3.63) is 40.1 Å². The summed E-state index contributed by atoms with van der Waals surface area (Å²) in [5.74, 6) is 2.12. The minimum atomic E-state index is 0.377. The van der Waals surface area contributed by atoms with E-state index in [-0.39, 0.29) is 0 Å². The zero-order valence-corrected chi connectivity index (χ0v) is 13.3. The molecule has 0 aliphatic rings. The predicted molar refractivity (Wildman–Crippen MR) is 84.5 cm³/mol. The fourth-order valence-electron chi connectivity index (χ4n) is 1.76. The molecular formula is C14H17BrN4O. The van der Waals surface area contributed by atoms with Crippen molar-refractivity contribution in [3.8, 4) is 0 Å². The van der Waals surface area contributed by atoms with Gasteiger partial charge in [-0.1, -0.05) is 22.0 Å². The number of nitrogens with zero attached hydrogens (tertiary/aromatic N) is 2. The van der Waals surface area contributed by atoms with Crippen molar-refractivity contribution in [2.24, 2.45) is 0 Å². The summed E-state index contributed by atoms with van der Waals surface area (Å²) >= 11 is 3.52. The lowest BCUT2D eigenvalue weighted by Crippen LogP contribution is -2.05. The highest BCUT2D eigenvalue weighted by atomic mass is 79.9. The molecule has 0 amide bonds. The summed E-state index contributed by atoms with van der Waals surface area (Å²) in [5.41, 5.74) is 2.13. The molecule has 0 unspecified atom stereocenters. The molecule has 6 heteroatoms. The van der Waals surface area contributed by atoms with Crippen LogP contribution in [0.1, 0.15) is 11.4 Å². The fourth-order valence-corrected chi connectivity index (χ4v) is 2.13. The normalized spacial score (nSPS) is 10.4. The molecule has 0 aliphatic heterocycles. The lowest BCUT2D eigenvalue weighted by molar-refractivity contribution is 0.178. The van der Waals surface area contributed by atoms with Gasteiger partial charge in [0.2, 0.25) is 0 Å². The Morgan fingerprint density at radius 2 is 2.00 bits per heavy atom. The molecule has 0 radical (unpaired) electrons. The molecule has 1 aromatic heterocycles. The van der Waals surface area contributed by atoms with E-state index < -0.39 is 0 Å². The lowest BCUT2D eigenvalue weighted by Gasteiger charge is -2.12. The lowest BCUT2D eigenvalue weighted by atomic mass is 10.2. The Hall–Kier alpha value is -1.66. The summed E-state index contributed by atoms with van der Waals surface area (Å²) < 4.78 is 6.15. The van der Waals surface area contributed by atoms with Gasteiger partial charge in [-0.15, -0.1) is 0 Å². The first-order valence-electron chi connectivity index (χ1n) is 6.21. The van der Waals surface area contributed by atoms with Crippen LogP contribution in [0.4, 0.5) is 17.3 Å². The number of ether oxygens (including phenoxy) is 1. The van der Waals surface area contributed by atoms with Crippen LogP contribution in [0.25, 0.3) is 0 Å². The molecule has 0 atom stereocenters. The highest BCUT2D eigenvalue weighted by Crippen LogP contribution is 2.26. The van der Waals surface area contributed by atoms with Gasteiger partial charge in [0, 0.05) is 30.4 Å². The standard InChI is InChI=1S/C14H17BrN4O/c1-9-10(15)5-4-6-11(9)17-13-7-12(16-2)18-14(19-13)8-20-3/h4-7H,8H2,1-3H3,(H2,16,17,18,19). The Labute approximate surface area is 126 Å². The first kappa shape index (κ1) is 14.7. The van der Waals surface area contributed by atoms with E-state index in [2.05, 4.69) is 36.5 Å². The third-order valence-electron chi connectivity index (χ3n) is 2.83. The Balaban J connectivity index is 2.32. The van der Waals surface area contributed by atoms with Crippen molar-refractivity contribution >= 4 is 33.3 Å². The Morgan fingerprint density at radius 1 is 1.25 bits per heavy atom. The first-order valence-corrected chi connectivity index (χ1v) is 7.00. The van der Waals surface area contributed by atoms with Crippen LogP contribution in [0.15, 0.2) is 28.7 Å². The summed E-state index contributed by atoms with van der Waals surface area (Å²) in [4.78, 5) is 8.76. The molecule has 1 aromatic carbocycles. The van der Waals surface area contributed by atoms with E-state index >= 15 is 0 Å². The highest BCUT2D eigenvalue weighted by Gasteiger charge is 2.06. The number of anilines is 3. The minimum absolute atomic E-state index is 0.377. The number of nitrogens with one attached hydrogen (secondary N) is 2. The molecule has 0 aliphatic carbocycles. The van der Waals surface area contributed by atoms with E-state index in [4.69, 9.17) is 4.74 Å². The second-order valence-corrected chi connectivity index (χ2v) is 5.13. The zero-order chi connectivity index (χ0) is 14.5. The predicted octanol–water partition coefficient (Wildman–Crippen LogP) is 3.48. The highest BCUT2D eigenvalue weighted by molar-refractivity contribution is 9.10. The molecule has 2 aromatic rings. The molecule has 0 bridgehead atoms. The van der Waals surface area contributed by atoms with Gasteiger partial charge >= 0.3 is 0 Å². The van der Waals surface area contributed by atoms with Crippen molar-refractivity contribution in [2.75, 3.05) is 24.8 Å². The van der Waals surface area contributed by atoms with Gasteiger partial charge in [0.05, 0.1) is 0 Å². The molecule has 2 N–H and O–H groups in total. The molecule has 20 heavy (non-hydrogen) atoms. The number of hydrogen-bond acceptors (Lipinski definition) is 5. The van der Waals surface area contributed by atoms with Crippen molar-refractivity contribution in [2.45, 2.75) is 13.5 Å². The maximum atomic E-state index is 5.09. The maximum absolute atomic E-state index is 5.09. The van der Waals surface area contributed by atoms with Crippen LogP contribution in [0.2, 0.25) is 0 Å². The van der Waals surface area contributed by atoms with Gasteiger partial charge in [0.1, 0.15) is 18.2 Å². The van der Waals surface area contributed by atoms with Crippen LogP contribution in [-0.2, 0) is 11.3 Å². The smallest absolute Gasteiger partial charge is 0.158 e. The SMILES string of the molecule is CNc1cc(Nc2cccc(Br)c2C)nc(COC)n1. The van der Waals surface area contributed by atoms with E-state index in [1.165, 1.54) is 0 Å². The maximum Gasteiger partial charge on any atom is 0.158 e. The second kappa shape index (κ2) is 6.67. The van der Waals surface area contributed by atoms with Gasteiger partial charge in [0.25, 0.3) is 0 Å². The largest absolute Gasteiger partial charge is 0.377 e. The van der Waals surface area contributed by atoms with E-state index in [1.54, 1.807) is 7.11 Å². The van der Waals surface area contributed by atoms with Gasteiger partial charge in [-0.2, -0.15) is 0 Å².